The highest BCUT2D eigenvalue weighted by molar-refractivity contribution is 5.79. The number of benzene rings is 2. The van der Waals surface area contributed by atoms with Gasteiger partial charge in [0.15, 0.2) is 11.5 Å². The molecule has 1 saturated carbocycles. The van der Waals surface area contributed by atoms with Crippen LogP contribution in [0.4, 0.5) is 13.2 Å². The van der Waals surface area contributed by atoms with E-state index in [1.807, 2.05) is 18.2 Å². The fourth-order valence-electron chi connectivity index (χ4n) is 4.44. The van der Waals surface area contributed by atoms with E-state index in [0.29, 0.717) is 30.0 Å². The highest BCUT2D eigenvalue weighted by Gasteiger charge is 2.33. The van der Waals surface area contributed by atoms with Gasteiger partial charge < -0.3 is 14.4 Å². The number of carbonyl (C=O) groups excluding carboxylic acids is 1. The minimum Gasteiger partial charge on any atom is -0.493 e. The van der Waals surface area contributed by atoms with Gasteiger partial charge in [-0.15, -0.1) is 0 Å². The van der Waals surface area contributed by atoms with Crippen molar-refractivity contribution < 1.29 is 27.4 Å². The molecular formula is C24H26F3NO3. The summed E-state index contributed by atoms with van der Waals surface area (Å²) < 4.78 is 50.6. The van der Waals surface area contributed by atoms with Crippen LogP contribution in [-0.4, -0.2) is 30.6 Å². The molecule has 0 N–H and O–H groups in total. The molecule has 1 heterocycles. The molecule has 0 bridgehead atoms. The van der Waals surface area contributed by atoms with E-state index in [4.69, 9.17) is 9.47 Å². The van der Waals surface area contributed by atoms with Crippen LogP contribution in [0, 0.1) is 0 Å². The van der Waals surface area contributed by atoms with Crippen LogP contribution in [0.2, 0.25) is 0 Å². The van der Waals surface area contributed by atoms with Gasteiger partial charge in [0.05, 0.1) is 18.8 Å². The van der Waals surface area contributed by atoms with Gasteiger partial charge >= 0.3 is 6.18 Å². The molecule has 1 saturated heterocycles. The lowest BCUT2D eigenvalue weighted by Crippen LogP contribution is -2.24. The van der Waals surface area contributed by atoms with Crippen molar-refractivity contribution >= 4 is 5.91 Å². The van der Waals surface area contributed by atoms with E-state index in [-0.39, 0.29) is 24.5 Å². The molecule has 7 heteroatoms. The van der Waals surface area contributed by atoms with Crippen molar-refractivity contribution in [2.45, 2.75) is 56.8 Å². The van der Waals surface area contributed by atoms with Gasteiger partial charge in [-0.05, 0) is 61.1 Å². The van der Waals surface area contributed by atoms with Gasteiger partial charge in [0.25, 0.3) is 0 Å². The van der Waals surface area contributed by atoms with Gasteiger partial charge in [0.1, 0.15) is 0 Å². The summed E-state index contributed by atoms with van der Waals surface area (Å²) in [6, 6.07) is 10.9. The molecule has 2 aromatic rings. The average molecular weight is 433 g/mol. The molecular weight excluding hydrogens is 407 g/mol. The summed E-state index contributed by atoms with van der Waals surface area (Å²) in [6.07, 6.45) is 0.496. The average Bonchev–Trinajstić information content (AvgIpc) is 3.37. The Balaban J connectivity index is 1.48. The zero-order chi connectivity index (χ0) is 22.0. The standard InChI is InChI=1S/C24H26F3NO3/c1-30-21-10-9-17(12-22(21)31-20-7-2-3-8-20)18-13-23(29)28(15-18)14-16-5-4-6-19(11-16)24(25,26)27/h4-6,9-12,18,20H,2-3,7-8,13-15H2,1H3. The Labute approximate surface area is 180 Å². The molecule has 1 atom stereocenters. The molecule has 2 aliphatic rings. The number of amides is 1. The summed E-state index contributed by atoms with van der Waals surface area (Å²) in [6.45, 7) is 0.630. The Morgan fingerprint density at radius 3 is 2.55 bits per heavy atom. The lowest BCUT2D eigenvalue weighted by Gasteiger charge is -2.20. The molecule has 166 valence electrons. The van der Waals surface area contributed by atoms with Crippen LogP contribution in [0.3, 0.4) is 0 Å². The van der Waals surface area contributed by atoms with E-state index in [1.54, 1.807) is 18.1 Å². The second-order valence-electron chi connectivity index (χ2n) is 8.31. The fourth-order valence-corrected chi connectivity index (χ4v) is 4.44. The quantitative estimate of drug-likeness (QED) is 0.600. The third-order valence-corrected chi connectivity index (χ3v) is 6.10. The Hall–Kier alpha value is -2.70. The van der Waals surface area contributed by atoms with Crippen molar-refractivity contribution in [1.29, 1.82) is 0 Å². The maximum absolute atomic E-state index is 13.0. The molecule has 4 nitrogen and oxygen atoms in total. The van der Waals surface area contributed by atoms with E-state index in [0.717, 1.165) is 43.4 Å². The Morgan fingerprint density at radius 1 is 1.06 bits per heavy atom. The molecule has 0 spiro atoms. The first-order chi connectivity index (χ1) is 14.8. The van der Waals surface area contributed by atoms with E-state index in [2.05, 4.69) is 0 Å². The second-order valence-corrected chi connectivity index (χ2v) is 8.31. The first-order valence-electron chi connectivity index (χ1n) is 10.6. The van der Waals surface area contributed by atoms with E-state index < -0.39 is 11.7 Å². The number of carbonyl (C=O) groups is 1. The van der Waals surface area contributed by atoms with E-state index in [1.165, 1.54) is 6.07 Å². The van der Waals surface area contributed by atoms with Crippen molar-refractivity contribution in [2.24, 2.45) is 0 Å². The number of rotatable bonds is 6. The zero-order valence-electron chi connectivity index (χ0n) is 17.5. The third kappa shape index (κ3) is 4.97. The van der Waals surface area contributed by atoms with Gasteiger partial charge in [-0.25, -0.2) is 0 Å². The number of alkyl halides is 3. The first-order valence-corrected chi connectivity index (χ1v) is 10.6. The normalized spacial score (nSPS) is 19.8. The third-order valence-electron chi connectivity index (χ3n) is 6.10. The molecule has 2 aromatic carbocycles. The van der Waals surface area contributed by atoms with Gasteiger partial charge in [0.2, 0.25) is 5.91 Å². The topological polar surface area (TPSA) is 38.8 Å². The van der Waals surface area contributed by atoms with Crippen LogP contribution in [0.1, 0.15) is 54.7 Å². The number of methoxy groups -OCH3 is 1. The predicted octanol–water partition coefficient (Wildman–Crippen LogP) is 5.55. The Kier molecular flexibility index (Phi) is 6.12. The summed E-state index contributed by atoms with van der Waals surface area (Å²) in [7, 11) is 1.60. The number of ether oxygens (including phenoxy) is 2. The van der Waals surface area contributed by atoms with Crippen molar-refractivity contribution in [1.82, 2.24) is 4.90 Å². The second kappa shape index (κ2) is 8.81. The molecule has 1 amide bonds. The van der Waals surface area contributed by atoms with Crippen LogP contribution in [0.5, 0.6) is 11.5 Å². The molecule has 1 unspecified atom stereocenters. The molecule has 2 fully saturated rings. The van der Waals surface area contributed by atoms with Crippen molar-refractivity contribution in [3.8, 4) is 11.5 Å². The maximum atomic E-state index is 13.0. The number of hydrogen-bond acceptors (Lipinski definition) is 3. The molecule has 1 aliphatic heterocycles. The SMILES string of the molecule is COc1ccc(C2CC(=O)N(Cc3cccc(C(F)(F)F)c3)C2)cc1OC1CCCC1. The highest BCUT2D eigenvalue weighted by Crippen LogP contribution is 2.37. The van der Waals surface area contributed by atoms with Crippen molar-refractivity contribution in [3.05, 3.63) is 59.2 Å². The minimum absolute atomic E-state index is 0.0323. The summed E-state index contributed by atoms with van der Waals surface area (Å²) in [5.74, 6) is 1.27. The van der Waals surface area contributed by atoms with Crippen molar-refractivity contribution in [3.63, 3.8) is 0 Å². The predicted molar refractivity (Wildman–Crippen MR) is 110 cm³/mol. The first kappa shape index (κ1) is 21.5. The number of halogens is 3. The molecule has 0 radical (unpaired) electrons. The van der Waals surface area contributed by atoms with Crippen molar-refractivity contribution in [2.75, 3.05) is 13.7 Å². The van der Waals surface area contributed by atoms with Crippen LogP contribution in [-0.2, 0) is 17.5 Å². The summed E-state index contributed by atoms with van der Waals surface area (Å²) >= 11 is 0. The summed E-state index contributed by atoms with van der Waals surface area (Å²) in [4.78, 5) is 14.2. The minimum atomic E-state index is -4.40. The lowest BCUT2D eigenvalue weighted by molar-refractivity contribution is -0.137. The Morgan fingerprint density at radius 2 is 1.84 bits per heavy atom. The van der Waals surface area contributed by atoms with Crippen LogP contribution < -0.4 is 9.47 Å². The van der Waals surface area contributed by atoms with Crippen LogP contribution >= 0.6 is 0 Å². The Bertz CT molecular complexity index is 938. The van der Waals surface area contributed by atoms with Crippen LogP contribution in [0.15, 0.2) is 42.5 Å². The van der Waals surface area contributed by atoms with Gasteiger partial charge in [-0.3, -0.25) is 4.79 Å². The highest BCUT2D eigenvalue weighted by atomic mass is 19.4. The molecule has 0 aromatic heterocycles. The van der Waals surface area contributed by atoms with E-state index in [9.17, 15) is 18.0 Å². The number of likely N-dealkylation sites (tertiary alicyclic amines) is 1. The smallest absolute Gasteiger partial charge is 0.416 e. The van der Waals surface area contributed by atoms with Gasteiger partial charge in [-0.2, -0.15) is 13.2 Å². The van der Waals surface area contributed by atoms with Crippen LogP contribution in [0.25, 0.3) is 0 Å². The number of nitrogens with zero attached hydrogens (tertiary/aromatic N) is 1. The maximum Gasteiger partial charge on any atom is 0.416 e. The summed E-state index contributed by atoms with van der Waals surface area (Å²) in [5, 5.41) is 0. The van der Waals surface area contributed by atoms with Gasteiger partial charge in [-0.1, -0.05) is 18.2 Å². The lowest BCUT2D eigenvalue weighted by atomic mass is 9.98. The fraction of sp³-hybridized carbons (Fsp3) is 0.458. The zero-order valence-corrected chi connectivity index (χ0v) is 17.5. The largest absolute Gasteiger partial charge is 0.493 e. The number of hydrogen-bond donors (Lipinski definition) is 0. The molecule has 31 heavy (non-hydrogen) atoms. The molecule has 1 aliphatic carbocycles. The monoisotopic (exact) mass is 433 g/mol. The van der Waals surface area contributed by atoms with E-state index >= 15 is 0 Å². The summed E-state index contributed by atoms with van der Waals surface area (Å²) in [5.41, 5.74) is 0.759. The van der Waals surface area contributed by atoms with Gasteiger partial charge in [0, 0.05) is 25.4 Å². The molecule has 4 rings (SSSR count).